The third-order valence-electron chi connectivity index (χ3n) is 4.65. The minimum atomic E-state index is 0.107. The van der Waals surface area contributed by atoms with Gasteiger partial charge in [0, 0.05) is 0 Å². The number of hydrogen-bond donors (Lipinski definition) is 1. The van der Waals surface area contributed by atoms with Crippen molar-refractivity contribution in [2.45, 2.75) is 71.3 Å². The molecule has 0 unspecified atom stereocenters. The number of rotatable bonds is 11. The van der Waals surface area contributed by atoms with Crippen molar-refractivity contribution >= 4 is 16.8 Å². The molecule has 24 heavy (non-hydrogen) atoms. The SMILES string of the molecule is CCCCCCCCCCC=Cc1ccc2cc(CO)ccc2c1. The number of hydrogen-bond acceptors (Lipinski definition) is 1. The van der Waals surface area contributed by atoms with Crippen LogP contribution in [0, 0.1) is 0 Å². The third-order valence-corrected chi connectivity index (χ3v) is 4.65. The molecule has 0 atom stereocenters. The molecule has 2 aromatic rings. The summed E-state index contributed by atoms with van der Waals surface area (Å²) in [6.45, 7) is 2.38. The van der Waals surface area contributed by atoms with Gasteiger partial charge in [-0.15, -0.1) is 0 Å². The Morgan fingerprint density at radius 2 is 1.46 bits per heavy atom. The zero-order chi connectivity index (χ0) is 17.0. The molecule has 0 radical (unpaired) electrons. The van der Waals surface area contributed by atoms with Crippen molar-refractivity contribution < 1.29 is 5.11 Å². The van der Waals surface area contributed by atoms with Crippen LogP contribution < -0.4 is 0 Å². The van der Waals surface area contributed by atoms with Gasteiger partial charge in [-0.2, -0.15) is 0 Å². The fourth-order valence-electron chi connectivity index (χ4n) is 3.13. The number of fused-ring (bicyclic) bond motifs is 1. The second kappa shape index (κ2) is 11.0. The van der Waals surface area contributed by atoms with Crippen LogP contribution in [0.1, 0.15) is 75.8 Å². The summed E-state index contributed by atoms with van der Waals surface area (Å²) in [6, 6.07) is 12.7. The Morgan fingerprint density at radius 1 is 0.792 bits per heavy atom. The Bertz CT molecular complexity index is 627. The third kappa shape index (κ3) is 6.49. The number of unbranched alkanes of at least 4 members (excludes halogenated alkanes) is 8. The lowest BCUT2D eigenvalue weighted by molar-refractivity contribution is 0.282. The van der Waals surface area contributed by atoms with Crippen molar-refractivity contribution in [1.82, 2.24) is 0 Å². The quantitative estimate of drug-likeness (QED) is 0.447. The molecule has 0 saturated heterocycles. The van der Waals surface area contributed by atoms with E-state index in [2.05, 4.69) is 49.4 Å². The second-order valence-corrected chi connectivity index (χ2v) is 6.76. The molecular formula is C23H32O. The van der Waals surface area contributed by atoms with Crippen molar-refractivity contribution in [3.05, 3.63) is 53.6 Å². The van der Waals surface area contributed by atoms with Crippen LogP contribution in [-0.4, -0.2) is 5.11 Å². The van der Waals surface area contributed by atoms with E-state index in [0.29, 0.717) is 0 Å². The largest absolute Gasteiger partial charge is 0.392 e. The maximum absolute atomic E-state index is 9.20. The normalized spacial score (nSPS) is 11.6. The predicted octanol–water partition coefficient (Wildman–Crippen LogP) is 6.88. The molecule has 1 nitrogen and oxygen atoms in total. The fraction of sp³-hybridized carbons (Fsp3) is 0.478. The Balaban J connectivity index is 1.69. The molecule has 130 valence electrons. The molecule has 0 fully saturated rings. The van der Waals surface area contributed by atoms with E-state index in [-0.39, 0.29) is 6.61 Å². The number of allylic oxidation sites excluding steroid dienone is 1. The van der Waals surface area contributed by atoms with Crippen LogP contribution in [0.4, 0.5) is 0 Å². The first-order valence-electron chi connectivity index (χ1n) is 9.63. The molecule has 0 spiro atoms. The van der Waals surface area contributed by atoms with E-state index in [1.807, 2.05) is 6.07 Å². The van der Waals surface area contributed by atoms with E-state index in [1.54, 1.807) is 0 Å². The average Bonchev–Trinajstić information content (AvgIpc) is 2.62. The molecule has 2 aromatic carbocycles. The summed E-state index contributed by atoms with van der Waals surface area (Å²) < 4.78 is 0. The van der Waals surface area contributed by atoms with Crippen LogP contribution in [0.3, 0.4) is 0 Å². The molecule has 0 heterocycles. The molecule has 2 rings (SSSR count). The van der Waals surface area contributed by atoms with Gasteiger partial charge in [0.15, 0.2) is 0 Å². The van der Waals surface area contributed by atoms with Crippen LogP contribution in [0.25, 0.3) is 16.8 Å². The van der Waals surface area contributed by atoms with E-state index >= 15 is 0 Å². The van der Waals surface area contributed by atoms with Gasteiger partial charge in [-0.25, -0.2) is 0 Å². The maximum atomic E-state index is 9.20. The van der Waals surface area contributed by atoms with E-state index in [0.717, 1.165) is 5.56 Å². The van der Waals surface area contributed by atoms with Gasteiger partial charge in [0.05, 0.1) is 6.61 Å². The molecule has 0 amide bonds. The molecule has 0 aromatic heterocycles. The van der Waals surface area contributed by atoms with Gasteiger partial charge in [-0.1, -0.05) is 88.3 Å². The zero-order valence-corrected chi connectivity index (χ0v) is 15.1. The number of aliphatic hydroxyl groups excluding tert-OH is 1. The summed E-state index contributed by atoms with van der Waals surface area (Å²) in [5.41, 5.74) is 2.24. The Kier molecular flexibility index (Phi) is 8.62. The van der Waals surface area contributed by atoms with Crippen molar-refractivity contribution in [2.24, 2.45) is 0 Å². The van der Waals surface area contributed by atoms with Crippen molar-refractivity contribution in [3.8, 4) is 0 Å². The van der Waals surface area contributed by atoms with Crippen LogP contribution in [-0.2, 0) is 6.61 Å². The topological polar surface area (TPSA) is 20.2 Å². The lowest BCUT2D eigenvalue weighted by Gasteiger charge is -2.03. The zero-order valence-electron chi connectivity index (χ0n) is 15.1. The van der Waals surface area contributed by atoms with Gasteiger partial charge >= 0.3 is 0 Å². The first kappa shape index (κ1) is 18.7. The molecule has 0 aliphatic heterocycles. The highest BCUT2D eigenvalue weighted by atomic mass is 16.3. The Morgan fingerprint density at radius 3 is 2.21 bits per heavy atom. The standard InChI is InChI=1S/C23H32O/c1-2-3-4-5-6-7-8-9-10-11-12-20-13-15-23-18-21(19-24)14-16-22(23)17-20/h11-18,24H,2-10,19H2,1H3. The fourth-order valence-corrected chi connectivity index (χ4v) is 3.13. The van der Waals surface area contributed by atoms with Crippen LogP contribution in [0.2, 0.25) is 0 Å². The van der Waals surface area contributed by atoms with Crippen LogP contribution >= 0.6 is 0 Å². The Labute approximate surface area is 147 Å². The van der Waals surface area contributed by atoms with E-state index < -0.39 is 0 Å². The van der Waals surface area contributed by atoms with Crippen LogP contribution in [0.5, 0.6) is 0 Å². The highest BCUT2D eigenvalue weighted by Gasteiger charge is 1.97. The van der Waals surface area contributed by atoms with E-state index in [4.69, 9.17) is 0 Å². The molecule has 0 aliphatic carbocycles. The summed E-state index contributed by atoms with van der Waals surface area (Å²) in [4.78, 5) is 0. The minimum absolute atomic E-state index is 0.107. The minimum Gasteiger partial charge on any atom is -0.392 e. The van der Waals surface area contributed by atoms with Gasteiger partial charge < -0.3 is 5.11 Å². The van der Waals surface area contributed by atoms with Gasteiger partial charge in [-0.05, 0) is 46.9 Å². The molecule has 0 aliphatic rings. The number of benzene rings is 2. The lowest BCUT2D eigenvalue weighted by Crippen LogP contribution is -1.83. The molecule has 0 bridgehead atoms. The summed E-state index contributed by atoms with van der Waals surface area (Å²) in [5.74, 6) is 0. The molecule has 0 saturated carbocycles. The molecular weight excluding hydrogens is 292 g/mol. The van der Waals surface area contributed by atoms with Gasteiger partial charge in [0.1, 0.15) is 0 Å². The first-order valence-corrected chi connectivity index (χ1v) is 9.63. The number of aliphatic hydroxyl groups is 1. The highest BCUT2D eigenvalue weighted by molar-refractivity contribution is 5.85. The van der Waals surface area contributed by atoms with E-state index in [1.165, 1.54) is 74.1 Å². The summed E-state index contributed by atoms with van der Waals surface area (Å²) in [6.07, 6.45) is 16.7. The van der Waals surface area contributed by atoms with Gasteiger partial charge in [0.25, 0.3) is 0 Å². The summed E-state index contributed by atoms with van der Waals surface area (Å²) in [5, 5.41) is 11.6. The predicted molar refractivity (Wildman–Crippen MR) is 106 cm³/mol. The monoisotopic (exact) mass is 324 g/mol. The van der Waals surface area contributed by atoms with Crippen molar-refractivity contribution in [2.75, 3.05) is 0 Å². The Hall–Kier alpha value is -1.60. The maximum Gasteiger partial charge on any atom is 0.0682 e. The summed E-state index contributed by atoms with van der Waals surface area (Å²) >= 11 is 0. The molecule has 1 heteroatoms. The highest BCUT2D eigenvalue weighted by Crippen LogP contribution is 2.19. The van der Waals surface area contributed by atoms with Crippen molar-refractivity contribution in [3.63, 3.8) is 0 Å². The van der Waals surface area contributed by atoms with E-state index in [9.17, 15) is 5.11 Å². The van der Waals surface area contributed by atoms with Crippen molar-refractivity contribution in [1.29, 1.82) is 0 Å². The summed E-state index contributed by atoms with van der Waals surface area (Å²) in [7, 11) is 0. The second-order valence-electron chi connectivity index (χ2n) is 6.76. The lowest BCUT2D eigenvalue weighted by atomic mass is 10.0. The van der Waals surface area contributed by atoms with Gasteiger partial charge in [0.2, 0.25) is 0 Å². The van der Waals surface area contributed by atoms with Gasteiger partial charge in [-0.3, -0.25) is 0 Å². The molecule has 1 N–H and O–H groups in total. The first-order chi connectivity index (χ1) is 11.8. The smallest absolute Gasteiger partial charge is 0.0682 e. The average molecular weight is 325 g/mol. The van der Waals surface area contributed by atoms with Crippen LogP contribution in [0.15, 0.2) is 42.5 Å².